The molecule has 2 aromatic carbocycles. The predicted molar refractivity (Wildman–Crippen MR) is 78.3 cm³/mol. The summed E-state index contributed by atoms with van der Waals surface area (Å²) in [5, 5.41) is 18.8. The number of aliphatic hydroxyl groups is 1. The van der Waals surface area contributed by atoms with E-state index in [0.29, 0.717) is 18.5 Å². The van der Waals surface area contributed by atoms with Gasteiger partial charge in [-0.25, -0.2) is 4.39 Å². The van der Waals surface area contributed by atoms with Crippen molar-refractivity contribution >= 4 is 5.69 Å². The van der Waals surface area contributed by atoms with Crippen molar-refractivity contribution in [1.29, 1.82) is 5.26 Å². The molecule has 0 bridgehead atoms. The summed E-state index contributed by atoms with van der Waals surface area (Å²) in [6, 6.07) is 15.8. The fraction of sp³-hybridized carbons (Fsp3) is 0.235. The maximum absolute atomic E-state index is 13.1. The number of aliphatic hydroxyl groups excluding tert-OH is 1. The molecule has 0 saturated carbocycles. The quantitative estimate of drug-likeness (QED) is 0.921. The van der Waals surface area contributed by atoms with Gasteiger partial charge in [0.15, 0.2) is 0 Å². The van der Waals surface area contributed by atoms with Crippen LogP contribution in [-0.2, 0) is 0 Å². The minimum absolute atomic E-state index is 0.0218. The predicted octanol–water partition coefficient (Wildman–Crippen LogP) is 3.01. The van der Waals surface area contributed by atoms with Crippen molar-refractivity contribution in [1.82, 2.24) is 0 Å². The van der Waals surface area contributed by atoms with Gasteiger partial charge in [0.25, 0.3) is 0 Å². The van der Waals surface area contributed by atoms with Gasteiger partial charge in [-0.1, -0.05) is 12.1 Å². The second-order valence-corrected chi connectivity index (χ2v) is 5.27. The van der Waals surface area contributed by atoms with Crippen molar-refractivity contribution in [3.8, 4) is 6.07 Å². The number of nitriles is 1. The third-order valence-electron chi connectivity index (χ3n) is 3.86. The molecule has 0 aromatic heterocycles. The molecular weight excluding hydrogens is 267 g/mol. The Balaban J connectivity index is 1.91. The van der Waals surface area contributed by atoms with Crippen LogP contribution in [0, 0.1) is 17.1 Å². The van der Waals surface area contributed by atoms with Crippen LogP contribution in [0.2, 0.25) is 0 Å². The van der Waals surface area contributed by atoms with Crippen molar-refractivity contribution in [3.63, 3.8) is 0 Å². The van der Waals surface area contributed by atoms with Gasteiger partial charge in [-0.3, -0.25) is 0 Å². The largest absolute Gasteiger partial charge is 0.391 e. The van der Waals surface area contributed by atoms with Gasteiger partial charge in [-0.2, -0.15) is 5.26 Å². The molecule has 1 aliphatic heterocycles. The molecule has 0 unspecified atom stereocenters. The van der Waals surface area contributed by atoms with Crippen molar-refractivity contribution in [2.75, 3.05) is 11.4 Å². The molecule has 1 heterocycles. The summed E-state index contributed by atoms with van der Waals surface area (Å²) in [7, 11) is 0. The van der Waals surface area contributed by atoms with Crippen LogP contribution in [-0.4, -0.2) is 17.8 Å². The second kappa shape index (κ2) is 5.55. The van der Waals surface area contributed by atoms with Crippen molar-refractivity contribution in [2.45, 2.75) is 18.6 Å². The molecule has 1 fully saturated rings. The number of hydrogen-bond acceptors (Lipinski definition) is 3. The lowest BCUT2D eigenvalue weighted by Gasteiger charge is -2.27. The first kappa shape index (κ1) is 13.6. The van der Waals surface area contributed by atoms with Crippen LogP contribution in [0.1, 0.15) is 23.6 Å². The highest BCUT2D eigenvalue weighted by atomic mass is 19.1. The lowest BCUT2D eigenvalue weighted by Crippen LogP contribution is -2.24. The maximum atomic E-state index is 13.1. The molecule has 0 radical (unpaired) electrons. The minimum atomic E-state index is -0.407. The van der Waals surface area contributed by atoms with Crippen LogP contribution >= 0.6 is 0 Å². The zero-order valence-electron chi connectivity index (χ0n) is 11.4. The SMILES string of the molecule is N#Cc1ccc(N2C[C@H](O)C[C@H]2c2ccc(F)cc2)cc1. The number of hydrogen-bond donors (Lipinski definition) is 1. The Hall–Kier alpha value is -2.38. The molecule has 3 rings (SSSR count). The van der Waals surface area contributed by atoms with Gasteiger partial charge in [0.2, 0.25) is 0 Å². The number of rotatable bonds is 2. The molecule has 4 heteroatoms. The van der Waals surface area contributed by atoms with Crippen LogP contribution in [0.5, 0.6) is 0 Å². The Morgan fingerprint density at radius 1 is 1.10 bits per heavy atom. The van der Waals surface area contributed by atoms with Gasteiger partial charge in [-0.05, 0) is 48.4 Å². The van der Waals surface area contributed by atoms with Gasteiger partial charge in [0.05, 0.1) is 23.8 Å². The van der Waals surface area contributed by atoms with Crippen LogP contribution in [0.3, 0.4) is 0 Å². The molecule has 3 nitrogen and oxygen atoms in total. The third-order valence-corrected chi connectivity index (χ3v) is 3.86. The van der Waals surface area contributed by atoms with Crippen molar-refractivity contribution < 1.29 is 9.50 Å². The lowest BCUT2D eigenvalue weighted by atomic mass is 10.0. The summed E-state index contributed by atoms with van der Waals surface area (Å²) >= 11 is 0. The van der Waals surface area contributed by atoms with E-state index in [1.807, 2.05) is 12.1 Å². The van der Waals surface area contributed by atoms with E-state index in [9.17, 15) is 9.50 Å². The molecule has 0 amide bonds. The lowest BCUT2D eigenvalue weighted by molar-refractivity contribution is 0.194. The monoisotopic (exact) mass is 282 g/mol. The topological polar surface area (TPSA) is 47.3 Å². The third kappa shape index (κ3) is 2.74. The number of β-amino-alcohol motifs (C(OH)–C–C–N with tert-alkyl or cyclic N) is 1. The first-order valence-corrected chi connectivity index (χ1v) is 6.87. The summed E-state index contributed by atoms with van der Waals surface area (Å²) < 4.78 is 13.1. The molecule has 21 heavy (non-hydrogen) atoms. The number of halogens is 1. The van der Waals surface area contributed by atoms with E-state index >= 15 is 0 Å². The molecule has 0 aliphatic carbocycles. The number of benzene rings is 2. The Morgan fingerprint density at radius 3 is 2.38 bits per heavy atom. The maximum Gasteiger partial charge on any atom is 0.123 e. The van der Waals surface area contributed by atoms with Gasteiger partial charge in [-0.15, -0.1) is 0 Å². The minimum Gasteiger partial charge on any atom is -0.391 e. The molecule has 0 spiro atoms. The highest BCUT2D eigenvalue weighted by molar-refractivity contribution is 5.53. The van der Waals surface area contributed by atoms with E-state index in [1.165, 1.54) is 12.1 Å². The summed E-state index contributed by atoms with van der Waals surface area (Å²) in [5.74, 6) is -0.262. The molecule has 1 saturated heterocycles. The highest BCUT2D eigenvalue weighted by Gasteiger charge is 2.32. The summed E-state index contributed by atoms with van der Waals surface area (Å²) in [4.78, 5) is 2.10. The van der Waals surface area contributed by atoms with Gasteiger partial charge >= 0.3 is 0 Å². The summed E-state index contributed by atoms with van der Waals surface area (Å²) in [6.07, 6.45) is 0.210. The van der Waals surface area contributed by atoms with Gasteiger partial charge in [0.1, 0.15) is 5.82 Å². The van der Waals surface area contributed by atoms with Crippen LogP contribution in [0.4, 0.5) is 10.1 Å². The van der Waals surface area contributed by atoms with E-state index < -0.39 is 6.10 Å². The summed E-state index contributed by atoms with van der Waals surface area (Å²) in [6.45, 7) is 0.536. The van der Waals surface area contributed by atoms with Crippen LogP contribution < -0.4 is 4.90 Å². The van der Waals surface area contributed by atoms with E-state index in [2.05, 4.69) is 11.0 Å². The number of nitrogens with zero attached hydrogens (tertiary/aromatic N) is 2. The Bertz CT molecular complexity index is 661. The zero-order chi connectivity index (χ0) is 14.8. The van der Waals surface area contributed by atoms with E-state index in [4.69, 9.17) is 5.26 Å². The van der Waals surface area contributed by atoms with Crippen molar-refractivity contribution in [2.24, 2.45) is 0 Å². The molecule has 1 aliphatic rings. The Labute approximate surface area is 122 Å². The van der Waals surface area contributed by atoms with E-state index in [-0.39, 0.29) is 11.9 Å². The van der Waals surface area contributed by atoms with Crippen molar-refractivity contribution in [3.05, 3.63) is 65.5 Å². The smallest absolute Gasteiger partial charge is 0.123 e. The van der Waals surface area contributed by atoms with E-state index in [1.54, 1.807) is 24.3 Å². The average Bonchev–Trinajstić information content (AvgIpc) is 2.90. The van der Waals surface area contributed by atoms with E-state index in [0.717, 1.165) is 11.3 Å². The molecule has 1 N–H and O–H groups in total. The van der Waals surface area contributed by atoms with Gasteiger partial charge < -0.3 is 10.0 Å². The average molecular weight is 282 g/mol. The first-order valence-electron chi connectivity index (χ1n) is 6.87. The zero-order valence-corrected chi connectivity index (χ0v) is 11.4. The first-order chi connectivity index (χ1) is 10.2. The molecule has 106 valence electrons. The second-order valence-electron chi connectivity index (χ2n) is 5.27. The standard InChI is InChI=1S/C17H15FN2O/c18-14-5-3-13(4-6-14)17-9-16(21)11-20(17)15-7-1-12(10-19)2-8-15/h1-8,16-17,21H,9,11H2/t16-,17+/m1/s1. The Kier molecular flexibility index (Phi) is 3.59. The summed E-state index contributed by atoms with van der Waals surface area (Å²) in [5.41, 5.74) is 2.55. The number of anilines is 1. The normalized spacial score (nSPS) is 21.3. The van der Waals surface area contributed by atoms with Crippen LogP contribution in [0.15, 0.2) is 48.5 Å². The highest BCUT2D eigenvalue weighted by Crippen LogP contribution is 2.36. The fourth-order valence-corrected chi connectivity index (χ4v) is 2.83. The van der Waals surface area contributed by atoms with Gasteiger partial charge in [0, 0.05) is 12.2 Å². The fourth-order valence-electron chi connectivity index (χ4n) is 2.83. The van der Waals surface area contributed by atoms with Crippen LogP contribution in [0.25, 0.3) is 0 Å². The molecule has 2 atom stereocenters. The molecule has 2 aromatic rings. The molecular formula is C17H15FN2O. The Morgan fingerprint density at radius 2 is 1.76 bits per heavy atom.